The molecule has 1 aliphatic rings. The summed E-state index contributed by atoms with van der Waals surface area (Å²) in [6.07, 6.45) is -8.46. The summed E-state index contributed by atoms with van der Waals surface area (Å²) in [5, 5.41) is 16.5. The molecule has 15 heteroatoms. The number of aryl methyl sites for hydroxylation is 1. The number of fused-ring (bicyclic) bond motifs is 1. The molecule has 1 aromatic carbocycles. The Morgan fingerprint density at radius 2 is 1.97 bits per heavy atom. The van der Waals surface area contributed by atoms with Crippen molar-refractivity contribution < 1.29 is 52.5 Å². The first-order valence-corrected chi connectivity index (χ1v) is 8.70. The third-order valence-corrected chi connectivity index (χ3v) is 4.10. The second kappa shape index (κ2) is 9.15. The van der Waals surface area contributed by atoms with Gasteiger partial charge in [-0.3, -0.25) is 0 Å². The largest absolute Gasteiger partial charge is 0.475 e. The summed E-state index contributed by atoms with van der Waals surface area (Å²) in [6.45, 7) is -0.398. The van der Waals surface area contributed by atoms with E-state index in [1.54, 1.807) is 0 Å². The van der Waals surface area contributed by atoms with Crippen LogP contribution in [0.15, 0.2) is 22.2 Å². The number of hydrogen-bond donors (Lipinski definition) is 1. The smallest absolute Gasteiger partial charge is 0.475 e. The summed E-state index contributed by atoms with van der Waals surface area (Å²) in [6, 6.07) is 2.94. The summed E-state index contributed by atoms with van der Waals surface area (Å²) in [5.41, 5.74) is -0.409. The zero-order chi connectivity index (χ0) is 22.6. The van der Waals surface area contributed by atoms with Crippen LogP contribution < -0.4 is 4.74 Å². The van der Waals surface area contributed by atoms with Gasteiger partial charge in [0.05, 0.1) is 5.57 Å². The molecule has 30 heavy (non-hydrogen) atoms. The van der Waals surface area contributed by atoms with Crippen molar-refractivity contribution in [1.82, 2.24) is 0 Å². The van der Waals surface area contributed by atoms with Crippen molar-refractivity contribution in [2.45, 2.75) is 25.3 Å². The Morgan fingerprint density at radius 1 is 1.33 bits per heavy atom. The van der Waals surface area contributed by atoms with Gasteiger partial charge in [0, 0.05) is 10.0 Å². The van der Waals surface area contributed by atoms with Crippen molar-refractivity contribution in [1.29, 1.82) is 0 Å². The van der Waals surface area contributed by atoms with Gasteiger partial charge in [0.15, 0.2) is 6.10 Å². The van der Waals surface area contributed by atoms with E-state index in [0.29, 0.717) is 10.0 Å². The van der Waals surface area contributed by atoms with E-state index in [1.165, 1.54) is 19.1 Å². The Balaban J connectivity index is 2.34. The fraction of sp³-hybridized carbons (Fsp3) is 0.400. The third-order valence-electron chi connectivity index (χ3n) is 3.64. The minimum atomic E-state index is -5.00. The van der Waals surface area contributed by atoms with Crippen LogP contribution in [-0.2, 0) is 19.2 Å². The summed E-state index contributed by atoms with van der Waals surface area (Å²) in [4.78, 5) is 41.2. The van der Waals surface area contributed by atoms with Crippen LogP contribution in [0.25, 0.3) is 6.08 Å². The predicted octanol–water partition coefficient (Wildman–Crippen LogP) is 2.68. The Morgan fingerprint density at radius 3 is 2.53 bits per heavy atom. The molecule has 11 nitrogen and oxygen atoms in total. The molecule has 0 aliphatic carbocycles. The molecule has 0 saturated heterocycles. The molecule has 1 heterocycles. The number of alkyl halides is 3. The zero-order valence-electron chi connectivity index (χ0n) is 14.9. The number of esters is 1. The Bertz CT molecular complexity index is 873. The highest BCUT2D eigenvalue weighted by Crippen LogP contribution is 2.40. The maximum atomic E-state index is 13.5. The highest BCUT2D eigenvalue weighted by Gasteiger charge is 2.49. The number of benzene rings is 1. The van der Waals surface area contributed by atoms with Crippen molar-refractivity contribution in [3.8, 4) is 5.75 Å². The summed E-state index contributed by atoms with van der Waals surface area (Å²) in [5.74, 6) is -1.63. The van der Waals surface area contributed by atoms with Gasteiger partial charge in [0.2, 0.25) is 12.7 Å². The SMILES string of the molecule is Cc1cc(Br)cc2c1O[C@H](C(F)(F)F)C(C(=O)OC(CO[N+](=O)[O-])CO[N+](=O)O)=C2. The Kier molecular flexibility index (Phi) is 7.07. The molecule has 0 saturated carbocycles. The Hall–Kier alpha value is -3.10. The van der Waals surface area contributed by atoms with Crippen LogP contribution >= 0.6 is 15.9 Å². The van der Waals surface area contributed by atoms with Gasteiger partial charge in [-0.2, -0.15) is 18.0 Å². The van der Waals surface area contributed by atoms with E-state index in [0.717, 1.165) is 6.08 Å². The number of carbonyl (C=O) groups is 1. The molecule has 0 radical (unpaired) electrons. The predicted molar refractivity (Wildman–Crippen MR) is 91.5 cm³/mol. The zero-order valence-corrected chi connectivity index (χ0v) is 16.5. The molecule has 164 valence electrons. The maximum absolute atomic E-state index is 13.5. The minimum absolute atomic E-state index is 0.0871. The number of halogens is 4. The fourth-order valence-corrected chi connectivity index (χ4v) is 3.07. The van der Waals surface area contributed by atoms with Crippen LogP contribution in [0.2, 0.25) is 0 Å². The quantitative estimate of drug-likeness (QED) is 0.323. The molecule has 0 aromatic heterocycles. The van der Waals surface area contributed by atoms with Crippen LogP contribution in [0.4, 0.5) is 13.2 Å². The maximum Gasteiger partial charge on any atom is 0.475 e. The first-order chi connectivity index (χ1) is 13.9. The molecular weight excluding hydrogens is 489 g/mol. The highest BCUT2D eigenvalue weighted by atomic mass is 79.9. The van der Waals surface area contributed by atoms with Crippen LogP contribution in [0.3, 0.4) is 0 Å². The number of carbonyl (C=O) groups excluding carboxylic acids is 1. The molecule has 0 amide bonds. The number of nitrogens with zero attached hydrogens (tertiary/aromatic N) is 2. The summed E-state index contributed by atoms with van der Waals surface area (Å²) < 4.78 is 50.8. The normalized spacial score (nSPS) is 16.4. The van der Waals surface area contributed by atoms with Gasteiger partial charge in [-0.1, -0.05) is 15.9 Å². The Labute approximate surface area is 173 Å². The molecule has 0 spiro atoms. The van der Waals surface area contributed by atoms with Gasteiger partial charge in [0.1, 0.15) is 17.3 Å². The molecular formula is C15H13BrF3N2O9+. The van der Waals surface area contributed by atoms with E-state index < -0.39 is 53.3 Å². The van der Waals surface area contributed by atoms with Crippen LogP contribution in [0, 0.1) is 21.9 Å². The van der Waals surface area contributed by atoms with E-state index in [9.17, 15) is 33.0 Å². The van der Waals surface area contributed by atoms with Crippen molar-refractivity contribution in [3.05, 3.63) is 48.3 Å². The molecule has 0 bridgehead atoms. The van der Waals surface area contributed by atoms with E-state index in [4.69, 9.17) is 14.7 Å². The number of rotatable bonds is 8. The second-order valence-electron chi connectivity index (χ2n) is 5.86. The van der Waals surface area contributed by atoms with Crippen molar-refractivity contribution >= 4 is 28.0 Å². The minimum Gasteiger partial charge on any atom is -0.475 e. The van der Waals surface area contributed by atoms with Gasteiger partial charge < -0.3 is 14.3 Å². The standard InChI is InChI=1S/C15H13BrF3N2O9/c1-7-2-9(16)3-8-4-11(13(15(17,18)19)30-12(7)8)14(22)29-10(5-27-20(23)24)6-28-21(25)26/h2-4,10,13H,5-6H2,1H3,(H,23,24)/q+1/t10?,13-/m0/s1. The lowest BCUT2D eigenvalue weighted by atomic mass is 9.99. The fourth-order valence-electron chi connectivity index (χ4n) is 2.48. The molecule has 2 atom stereocenters. The van der Waals surface area contributed by atoms with Gasteiger partial charge in [0.25, 0.3) is 5.09 Å². The lowest BCUT2D eigenvalue weighted by Crippen LogP contribution is -2.42. The first-order valence-electron chi connectivity index (χ1n) is 7.91. The molecule has 0 fully saturated rings. The molecule has 1 aliphatic heterocycles. The first kappa shape index (κ1) is 23.2. The molecule has 1 N–H and O–H groups in total. The summed E-state index contributed by atoms with van der Waals surface area (Å²) in [7, 11) is 0. The van der Waals surface area contributed by atoms with Gasteiger partial charge in [-0.25, -0.2) is 10.0 Å². The number of ether oxygens (including phenoxy) is 2. The molecule has 1 unspecified atom stereocenters. The van der Waals surface area contributed by atoms with E-state index in [2.05, 4.69) is 25.6 Å². The lowest BCUT2D eigenvalue weighted by Gasteiger charge is -2.29. The average molecular weight is 502 g/mol. The van der Waals surface area contributed by atoms with Gasteiger partial charge >= 0.3 is 17.2 Å². The van der Waals surface area contributed by atoms with Crippen LogP contribution in [-0.4, -0.2) is 52.9 Å². The monoisotopic (exact) mass is 501 g/mol. The van der Waals surface area contributed by atoms with Crippen molar-refractivity contribution in [2.75, 3.05) is 13.2 Å². The van der Waals surface area contributed by atoms with E-state index >= 15 is 0 Å². The topological polar surface area (TPSA) is 137 Å². The van der Waals surface area contributed by atoms with E-state index in [1.807, 2.05) is 0 Å². The second-order valence-corrected chi connectivity index (χ2v) is 6.78. The van der Waals surface area contributed by atoms with Crippen molar-refractivity contribution in [3.63, 3.8) is 0 Å². The van der Waals surface area contributed by atoms with Crippen LogP contribution in [0.1, 0.15) is 11.1 Å². The van der Waals surface area contributed by atoms with Crippen molar-refractivity contribution in [2.24, 2.45) is 0 Å². The lowest BCUT2D eigenvalue weighted by molar-refractivity contribution is -0.976. The summed E-state index contributed by atoms with van der Waals surface area (Å²) >= 11 is 3.18. The average Bonchev–Trinajstić information content (AvgIpc) is 2.61. The van der Waals surface area contributed by atoms with Gasteiger partial charge in [-0.05, 0) is 30.7 Å². The molecule has 1 aromatic rings. The number of hydrogen-bond acceptors (Lipinski definition) is 8. The van der Waals surface area contributed by atoms with E-state index in [-0.39, 0.29) is 11.3 Å². The molecule has 2 rings (SSSR count). The highest BCUT2D eigenvalue weighted by molar-refractivity contribution is 9.10. The van der Waals surface area contributed by atoms with Gasteiger partial charge in [-0.15, -0.1) is 10.1 Å². The third kappa shape index (κ3) is 5.95. The van der Waals surface area contributed by atoms with Crippen LogP contribution in [0.5, 0.6) is 5.75 Å².